The maximum absolute atomic E-state index is 11.4. The normalized spacial score (nSPS) is 10.2. The third-order valence-corrected chi connectivity index (χ3v) is 2.87. The first-order valence-electron chi connectivity index (χ1n) is 5.82. The van der Waals surface area contributed by atoms with Crippen molar-refractivity contribution in [2.75, 3.05) is 6.54 Å². The smallest absolute Gasteiger partial charge is 0.306 e. The van der Waals surface area contributed by atoms with Crippen molar-refractivity contribution >= 4 is 21.9 Å². The van der Waals surface area contributed by atoms with E-state index in [1.807, 2.05) is 24.3 Å². The van der Waals surface area contributed by atoms with Crippen molar-refractivity contribution in [3.05, 3.63) is 34.3 Å². The summed E-state index contributed by atoms with van der Waals surface area (Å²) in [6.07, 6.45) is 3.30. The van der Waals surface area contributed by atoms with Gasteiger partial charge in [0.05, 0.1) is 0 Å². The van der Waals surface area contributed by atoms with E-state index in [4.69, 9.17) is 10.5 Å². The Morgan fingerprint density at radius 3 is 2.82 bits per heavy atom. The van der Waals surface area contributed by atoms with Crippen molar-refractivity contribution in [3.63, 3.8) is 0 Å². The van der Waals surface area contributed by atoms with Gasteiger partial charge in [0, 0.05) is 10.9 Å². The van der Waals surface area contributed by atoms with E-state index in [1.54, 1.807) is 0 Å². The van der Waals surface area contributed by atoms with Crippen LogP contribution in [0.3, 0.4) is 0 Å². The Hall–Kier alpha value is -0.870. The first-order chi connectivity index (χ1) is 8.22. The highest BCUT2D eigenvalue weighted by Crippen LogP contribution is 2.12. The van der Waals surface area contributed by atoms with Gasteiger partial charge in [-0.2, -0.15) is 0 Å². The molecule has 0 aliphatic carbocycles. The molecule has 0 aliphatic rings. The Balaban J connectivity index is 2.19. The van der Waals surface area contributed by atoms with Crippen LogP contribution in [0.1, 0.15) is 31.2 Å². The van der Waals surface area contributed by atoms with E-state index in [1.165, 1.54) is 0 Å². The summed E-state index contributed by atoms with van der Waals surface area (Å²) in [6, 6.07) is 7.75. The Morgan fingerprint density at radius 1 is 1.29 bits per heavy atom. The molecule has 0 saturated carbocycles. The second-order valence-corrected chi connectivity index (χ2v) is 4.81. The number of carbonyl (C=O) groups excluding carboxylic acids is 1. The zero-order chi connectivity index (χ0) is 12.5. The predicted molar refractivity (Wildman–Crippen MR) is 71.5 cm³/mol. The van der Waals surface area contributed by atoms with Gasteiger partial charge in [0.25, 0.3) is 0 Å². The number of halogens is 1. The molecule has 0 saturated heterocycles. The summed E-state index contributed by atoms with van der Waals surface area (Å²) in [4.78, 5) is 11.4. The van der Waals surface area contributed by atoms with Crippen molar-refractivity contribution in [2.45, 2.75) is 32.3 Å². The van der Waals surface area contributed by atoms with E-state index in [2.05, 4.69) is 15.9 Å². The fourth-order valence-corrected chi connectivity index (χ4v) is 1.90. The molecule has 0 atom stereocenters. The lowest BCUT2D eigenvalue weighted by Gasteiger charge is -2.05. The van der Waals surface area contributed by atoms with Gasteiger partial charge in [-0.3, -0.25) is 4.79 Å². The summed E-state index contributed by atoms with van der Waals surface area (Å²) in [7, 11) is 0. The van der Waals surface area contributed by atoms with Crippen molar-refractivity contribution in [3.8, 4) is 0 Å². The predicted octanol–water partition coefficient (Wildman–Crippen LogP) is 3.01. The molecule has 0 heterocycles. The lowest BCUT2D eigenvalue weighted by Crippen LogP contribution is -2.05. The van der Waals surface area contributed by atoms with Gasteiger partial charge in [-0.1, -0.05) is 34.5 Å². The monoisotopic (exact) mass is 299 g/mol. The van der Waals surface area contributed by atoms with Crippen LogP contribution in [0.4, 0.5) is 0 Å². The number of unbranched alkanes of at least 4 members (excludes halogenated alkanes) is 2. The molecule has 0 fully saturated rings. The average Bonchev–Trinajstić information content (AvgIpc) is 2.32. The molecule has 0 bridgehead atoms. The maximum Gasteiger partial charge on any atom is 0.306 e. The fraction of sp³-hybridized carbons (Fsp3) is 0.462. The minimum absolute atomic E-state index is 0.137. The van der Waals surface area contributed by atoms with E-state index in [-0.39, 0.29) is 5.97 Å². The third-order valence-electron chi connectivity index (χ3n) is 2.37. The van der Waals surface area contributed by atoms with Gasteiger partial charge in [-0.15, -0.1) is 0 Å². The van der Waals surface area contributed by atoms with E-state index >= 15 is 0 Å². The zero-order valence-electron chi connectivity index (χ0n) is 9.82. The first kappa shape index (κ1) is 14.2. The van der Waals surface area contributed by atoms with Gasteiger partial charge < -0.3 is 10.5 Å². The van der Waals surface area contributed by atoms with Crippen molar-refractivity contribution in [1.82, 2.24) is 0 Å². The highest BCUT2D eigenvalue weighted by Gasteiger charge is 2.03. The second-order valence-electron chi connectivity index (χ2n) is 3.89. The minimum Gasteiger partial charge on any atom is -0.461 e. The molecule has 2 N–H and O–H groups in total. The Labute approximate surface area is 110 Å². The molecule has 0 radical (unpaired) electrons. The molecule has 1 rings (SSSR count). The van der Waals surface area contributed by atoms with Gasteiger partial charge in [0.15, 0.2) is 0 Å². The molecule has 94 valence electrons. The number of hydrogen-bond acceptors (Lipinski definition) is 3. The molecule has 0 amide bonds. The van der Waals surface area contributed by atoms with Crippen molar-refractivity contribution in [1.29, 1.82) is 0 Å². The molecular formula is C13H18BrNO2. The molecule has 17 heavy (non-hydrogen) atoms. The summed E-state index contributed by atoms with van der Waals surface area (Å²) in [5.74, 6) is -0.137. The van der Waals surface area contributed by atoms with Crippen molar-refractivity contribution < 1.29 is 9.53 Å². The van der Waals surface area contributed by atoms with Crippen LogP contribution in [-0.4, -0.2) is 12.5 Å². The number of nitrogens with two attached hydrogens (primary N) is 1. The Bertz CT molecular complexity index is 355. The largest absolute Gasteiger partial charge is 0.461 e. The lowest BCUT2D eigenvalue weighted by molar-refractivity contribution is -0.145. The number of esters is 1. The zero-order valence-corrected chi connectivity index (χ0v) is 11.4. The third kappa shape index (κ3) is 6.44. The Morgan fingerprint density at radius 2 is 2.12 bits per heavy atom. The van der Waals surface area contributed by atoms with Crippen LogP contribution >= 0.6 is 15.9 Å². The molecule has 0 spiro atoms. The maximum atomic E-state index is 11.4. The molecule has 3 nitrogen and oxygen atoms in total. The Kier molecular flexibility index (Phi) is 6.89. The van der Waals surface area contributed by atoms with Crippen LogP contribution in [-0.2, 0) is 16.1 Å². The van der Waals surface area contributed by atoms with Gasteiger partial charge >= 0.3 is 5.97 Å². The second kappa shape index (κ2) is 8.25. The topological polar surface area (TPSA) is 52.3 Å². The van der Waals surface area contributed by atoms with Crippen LogP contribution in [0.5, 0.6) is 0 Å². The number of rotatable bonds is 7. The van der Waals surface area contributed by atoms with Crippen molar-refractivity contribution in [2.24, 2.45) is 5.73 Å². The fourth-order valence-electron chi connectivity index (χ4n) is 1.45. The van der Waals surface area contributed by atoms with Gasteiger partial charge in [-0.25, -0.2) is 0 Å². The standard InChI is InChI=1S/C13H18BrNO2/c14-12-6-4-5-11(9-12)10-17-13(16)7-2-1-3-8-15/h4-6,9H,1-3,7-8,10,15H2. The molecule has 1 aromatic carbocycles. The molecular weight excluding hydrogens is 282 g/mol. The number of ether oxygens (including phenoxy) is 1. The first-order valence-corrected chi connectivity index (χ1v) is 6.62. The highest BCUT2D eigenvalue weighted by molar-refractivity contribution is 9.10. The van der Waals surface area contributed by atoms with Gasteiger partial charge in [0.2, 0.25) is 0 Å². The average molecular weight is 300 g/mol. The number of carbonyl (C=O) groups is 1. The minimum atomic E-state index is -0.137. The highest BCUT2D eigenvalue weighted by atomic mass is 79.9. The summed E-state index contributed by atoms with van der Waals surface area (Å²) < 4.78 is 6.17. The van der Waals surface area contributed by atoms with E-state index in [9.17, 15) is 4.79 Å². The van der Waals surface area contributed by atoms with Crippen LogP contribution in [0.25, 0.3) is 0 Å². The SMILES string of the molecule is NCCCCCC(=O)OCc1cccc(Br)c1. The number of benzene rings is 1. The van der Waals surface area contributed by atoms with Crippen LogP contribution < -0.4 is 5.73 Å². The van der Waals surface area contributed by atoms with Crippen LogP contribution in [0, 0.1) is 0 Å². The van der Waals surface area contributed by atoms with E-state index in [0.29, 0.717) is 19.6 Å². The summed E-state index contributed by atoms with van der Waals surface area (Å²) in [5.41, 5.74) is 6.37. The van der Waals surface area contributed by atoms with Crippen LogP contribution in [0.15, 0.2) is 28.7 Å². The molecule has 4 heteroatoms. The van der Waals surface area contributed by atoms with Crippen LogP contribution in [0.2, 0.25) is 0 Å². The molecule has 0 aliphatic heterocycles. The summed E-state index contributed by atoms with van der Waals surface area (Å²) in [6.45, 7) is 1.03. The molecule has 0 aromatic heterocycles. The van der Waals surface area contributed by atoms with E-state index < -0.39 is 0 Å². The van der Waals surface area contributed by atoms with Gasteiger partial charge in [-0.05, 0) is 37.1 Å². The summed E-state index contributed by atoms with van der Waals surface area (Å²) in [5, 5.41) is 0. The molecule has 1 aromatic rings. The van der Waals surface area contributed by atoms with E-state index in [0.717, 1.165) is 29.3 Å². The summed E-state index contributed by atoms with van der Waals surface area (Å²) >= 11 is 3.38. The molecule has 0 unspecified atom stereocenters. The number of hydrogen-bond donors (Lipinski definition) is 1. The van der Waals surface area contributed by atoms with Gasteiger partial charge in [0.1, 0.15) is 6.61 Å². The lowest BCUT2D eigenvalue weighted by atomic mass is 10.2. The quantitative estimate of drug-likeness (QED) is 0.622.